The minimum absolute atomic E-state index is 0.0247. The maximum atomic E-state index is 13.8. The lowest BCUT2D eigenvalue weighted by atomic mass is 9.68. The van der Waals surface area contributed by atoms with Gasteiger partial charge in [-0.2, -0.15) is 0 Å². The molecule has 34 heavy (non-hydrogen) atoms. The van der Waals surface area contributed by atoms with Crippen molar-refractivity contribution in [2.24, 2.45) is 17.1 Å². The van der Waals surface area contributed by atoms with Gasteiger partial charge in [-0.15, -0.1) is 0 Å². The number of nitrogens with two attached hydrogens (primary N) is 1. The molecule has 7 nitrogen and oxygen atoms in total. The van der Waals surface area contributed by atoms with E-state index in [-0.39, 0.29) is 35.0 Å². The van der Waals surface area contributed by atoms with Crippen LogP contribution in [0.4, 0.5) is 4.79 Å². The van der Waals surface area contributed by atoms with Crippen LogP contribution >= 0.6 is 0 Å². The highest BCUT2D eigenvalue weighted by Crippen LogP contribution is 2.48. The predicted molar refractivity (Wildman–Crippen MR) is 135 cm³/mol. The Balaban J connectivity index is 1.50. The maximum Gasteiger partial charge on any atom is 0.320 e. The fourth-order valence-corrected chi connectivity index (χ4v) is 6.32. The number of carbonyl (C=O) groups excluding carboxylic acids is 2. The van der Waals surface area contributed by atoms with Crippen LogP contribution in [0, 0.1) is 11.3 Å². The molecule has 0 radical (unpaired) electrons. The lowest BCUT2D eigenvalue weighted by molar-refractivity contribution is -0.117. The first kappa shape index (κ1) is 25.0. The van der Waals surface area contributed by atoms with Crippen LogP contribution < -0.4 is 16.4 Å². The molecular formula is C27H43N5O2. The second-order valence-corrected chi connectivity index (χ2v) is 11.7. The molecule has 1 aromatic carbocycles. The summed E-state index contributed by atoms with van der Waals surface area (Å²) in [5.74, 6) is 0.295. The molecule has 0 aromatic heterocycles. The number of hydrogen-bond acceptors (Lipinski definition) is 4. The minimum atomic E-state index is -0.354. The highest BCUT2D eigenvalue weighted by molar-refractivity contribution is 5.78. The highest BCUT2D eigenvalue weighted by atomic mass is 16.2. The Morgan fingerprint density at radius 2 is 1.82 bits per heavy atom. The van der Waals surface area contributed by atoms with Gasteiger partial charge in [0.1, 0.15) is 0 Å². The zero-order valence-electron chi connectivity index (χ0n) is 21.2. The van der Waals surface area contributed by atoms with E-state index in [4.69, 9.17) is 5.73 Å². The van der Waals surface area contributed by atoms with Crippen LogP contribution in [-0.2, 0) is 10.3 Å². The number of nitrogens with zero attached hydrogens (tertiary/aromatic N) is 2. The van der Waals surface area contributed by atoms with Gasteiger partial charge in [-0.1, -0.05) is 50.6 Å². The molecule has 3 aliphatic rings. The van der Waals surface area contributed by atoms with E-state index in [0.29, 0.717) is 19.0 Å². The van der Waals surface area contributed by atoms with Gasteiger partial charge in [0, 0.05) is 31.7 Å². The summed E-state index contributed by atoms with van der Waals surface area (Å²) in [7, 11) is 2.07. The summed E-state index contributed by atoms with van der Waals surface area (Å²) in [6, 6.07) is 11.0. The fourth-order valence-electron chi connectivity index (χ4n) is 6.32. The fraction of sp³-hybridized carbons (Fsp3) is 0.704. The summed E-state index contributed by atoms with van der Waals surface area (Å²) in [6.07, 6.45) is 7.85. The molecule has 1 saturated heterocycles. The molecule has 4 N–H and O–H groups in total. The van der Waals surface area contributed by atoms with Gasteiger partial charge < -0.3 is 26.2 Å². The summed E-state index contributed by atoms with van der Waals surface area (Å²) < 4.78 is 0. The maximum absolute atomic E-state index is 13.8. The molecule has 1 heterocycles. The van der Waals surface area contributed by atoms with Crippen LogP contribution in [0.3, 0.4) is 0 Å². The van der Waals surface area contributed by atoms with E-state index in [1.165, 1.54) is 24.8 Å². The molecule has 4 rings (SSSR count). The average Bonchev–Trinajstić information content (AvgIpc) is 3.01. The molecule has 7 heteroatoms. The number of urea groups is 1. The molecular weight excluding hydrogens is 426 g/mol. The van der Waals surface area contributed by atoms with Gasteiger partial charge in [-0.3, -0.25) is 4.79 Å². The quantitative estimate of drug-likeness (QED) is 0.491. The Hall–Kier alpha value is -2.12. The molecule has 1 aromatic rings. The molecule has 1 spiro atoms. The molecule has 188 valence electrons. The topological polar surface area (TPSA) is 90.7 Å². The molecule has 1 aliphatic heterocycles. The second-order valence-electron chi connectivity index (χ2n) is 11.7. The van der Waals surface area contributed by atoms with Crippen LogP contribution in [-0.4, -0.2) is 67.0 Å². The third-order valence-electron chi connectivity index (χ3n) is 8.59. The zero-order chi connectivity index (χ0) is 24.4. The average molecular weight is 470 g/mol. The predicted octanol–water partition coefficient (Wildman–Crippen LogP) is 3.05. The van der Waals surface area contributed by atoms with Crippen LogP contribution in [0.15, 0.2) is 30.3 Å². The van der Waals surface area contributed by atoms with Crippen molar-refractivity contribution in [1.82, 2.24) is 20.4 Å². The van der Waals surface area contributed by atoms with E-state index in [2.05, 4.69) is 71.7 Å². The molecule has 0 unspecified atom stereocenters. The summed E-state index contributed by atoms with van der Waals surface area (Å²) >= 11 is 0. The summed E-state index contributed by atoms with van der Waals surface area (Å²) in [5, 5.41) is 6.80. The largest absolute Gasteiger partial charge is 0.369 e. The lowest BCUT2D eigenvalue weighted by Gasteiger charge is -2.49. The van der Waals surface area contributed by atoms with E-state index in [1.807, 2.05) is 0 Å². The van der Waals surface area contributed by atoms with E-state index < -0.39 is 0 Å². The highest BCUT2D eigenvalue weighted by Gasteiger charge is 2.54. The number of primary amides is 1. The smallest absolute Gasteiger partial charge is 0.320 e. The van der Waals surface area contributed by atoms with Crippen LogP contribution in [0.1, 0.15) is 64.4 Å². The van der Waals surface area contributed by atoms with Gasteiger partial charge in [-0.05, 0) is 62.5 Å². The van der Waals surface area contributed by atoms with Crippen molar-refractivity contribution in [3.8, 4) is 0 Å². The number of rotatable bonds is 10. The van der Waals surface area contributed by atoms with Crippen molar-refractivity contribution < 1.29 is 9.59 Å². The zero-order valence-corrected chi connectivity index (χ0v) is 21.2. The van der Waals surface area contributed by atoms with Crippen molar-refractivity contribution in [3.05, 3.63) is 35.9 Å². The third kappa shape index (κ3) is 5.10. The normalized spacial score (nSPS) is 27.9. The minimum Gasteiger partial charge on any atom is -0.369 e. The Bertz CT molecular complexity index is 859. The van der Waals surface area contributed by atoms with Crippen molar-refractivity contribution in [1.29, 1.82) is 0 Å². The van der Waals surface area contributed by atoms with E-state index in [9.17, 15) is 9.59 Å². The first-order valence-electron chi connectivity index (χ1n) is 13.0. The van der Waals surface area contributed by atoms with Crippen LogP contribution in [0.2, 0.25) is 0 Å². The summed E-state index contributed by atoms with van der Waals surface area (Å²) in [5.41, 5.74) is 6.37. The van der Waals surface area contributed by atoms with E-state index in [0.717, 1.165) is 38.8 Å². The summed E-state index contributed by atoms with van der Waals surface area (Å²) in [4.78, 5) is 29.2. The molecule has 3 amide bonds. The summed E-state index contributed by atoms with van der Waals surface area (Å²) in [6.45, 7) is 7.49. The number of nitrogens with one attached hydrogen (secondary N) is 2. The molecule has 2 saturated carbocycles. The van der Waals surface area contributed by atoms with Gasteiger partial charge in [0.15, 0.2) is 0 Å². The van der Waals surface area contributed by atoms with Crippen molar-refractivity contribution in [3.63, 3.8) is 0 Å². The number of carbonyl (C=O) groups is 2. The second kappa shape index (κ2) is 9.86. The molecule has 3 fully saturated rings. The Kier molecular flexibility index (Phi) is 7.25. The molecule has 0 atom stereocenters. The van der Waals surface area contributed by atoms with E-state index in [1.54, 1.807) is 0 Å². The molecule has 0 bridgehead atoms. The Labute approximate surface area is 204 Å². The van der Waals surface area contributed by atoms with Crippen LogP contribution in [0.5, 0.6) is 0 Å². The molecule has 2 aliphatic carbocycles. The number of amides is 3. The van der Waals surface area contributed by atoms with Crippen molar-refractivity contribution in [2.75, 3.05) is 39.8 Å². The van der Waals surface area contributed by atoms with Gasteiger partial charge in [0.25, 0.3) is 0 Å². The monoisotopic (exact) mass is 469 g/mol. The van der Waals surface area contributed by atoms with Crippen molar-refractivity contribution in [2.45, 2.75) is 69.9 Å². The SMILES string of the molecule is CNC1(c2ccccc2)CCC2(CC1)CN(CC(C)(C)CNCC(N)=O)C(=O)N2CC1CCC1. The van der Waals surface area contributed by atoms with E-state index >= 15 is 0 Å². The van der Waals surface area contributed by atoms with Gasteiger partial charge in [-0.25, -0.2) is 4.79 Å². The van der Waals surface area contributed by atoms with Gasteiger partial charge in [0.05, 0.1) is 12.1 Å². The first-order chi connectivity index (χ1) is 16.2. The number of benzene rings is 1. The standard InChI is InChI=1S/C27H43N5O2/c1-25(2,18-30-16-23(28)33)19-31-20-26(32(24(31)34)17-21-8-7-9-21)12-14-27(29-3,15-13-26)22-10-5-4-6-11-22/h4-6,10-11,21,29-30H,7-9,12-20H2,1-3H3,(H2,28,33). The third-order valence-corrected chi connectivity index (χ3v) is 8.59. The van der Waals surface area contributed by atoms with Crippen LogP contribution in [0.25, 0.3) is 0 Å². The van der Waals surface area contributed by atoms with Gasteiger partial charge >= 0.3 is 6.03 Å². The van der Waals surface area contributed by atoms with Crippen molar-refractivity contribution >= 4 is 11.9 Å². The number of hydrogen-bond donors (Lipinski definition) is 3. The first-order valence-corrected chi connectivity index (χ1v) is 13.0. The Morgan fingerprint density at radius 1 is 1.15 bits per heavy atom. The lowest BCUT2D eigenvalue weighted by Crippen LogP contribution is -2.56. The Morgan fingerprint density at radius 3 is 2.38 bits per heavy atom. The van der Waals surface area contributed by atoms with Gasteiger partial charge in [0.2, 0.25) is 5.91 Å².